The number of aromatic hydroxyl groups is 1. The first kappa shape index (κ1) is 19.0. The van der Waals surface area contributed by atoms with E-state index in [9.17, 15) is 5.11 Å². The van der Waals surface area contributed by atoms with E-state index in [0.29, 0.717) is 5.75 Å². The number of hydrogen-bond acceptors (Lipinski definition) is 4. The molecule has 29 heavy (non-hydrogen) atoms. The molecular weight excluding hydrogens is 380 g/mol. The van der Waals surface area contributed by atoms with Crippen molar-refractivity contribution in [3.05, 3.63) is 103 Å². The Labute approximate surface area is 174 Å². The van der Waals surface area contributed by atoms with Crippen LogP contribution in [0.25, 0.3) is 0 Å². The molecule has 3 nitrogen and oxygen atoms in total. The summed E-state index contributed by atoms with van der Waals surface area (Å²) in [5, 5.41) is 9.33. The minimum atomic E-state index is 0.222. The van der Waals surface area contributed by atoms with Crippen LogP contribution in [0.4, 0.5) is 0 Å². The fourth-order valence-electron chi connectivity index (χ4n) is 2.68. The molecule has 4 rings (SSSR count). The van der Waals surface area contributed by atoms with Gasteiger partial charge in [0.2, 0.25) is 0 Å². The van der Waals surface area contributed by atoms with E-state index in [4.69, 9.17) is 9.47 Å². The molecule has 0 fully saturated rings. The summed E-state index contributed by atoms with van der Waals surface area (Å²) < 4.78 is 11.7. The van der Waals surface area contributed by atoms with Crippen LogP contribution < -0.4 is 9.47 Å². The van der Waals surface area contributed by atoms with E-state index in [1.165, 1.54) is 5.56 Å². The first-order valence-electron chi connectivity index (χ1n) is 9.23. The molecule has 0 radical (unpaired) electrons. The van der Waals surface area contributed by atoms with Gasteiger partial charge in [-0.1, -0.05) is 29.5 Å². The summed E-state index contributed by atoms with van der Waals surface area (Å²) in [5.74, 6) is 3.31. The molecule has 0 spiro atoms. The van der Waals surface area contributed by atoms with E-state index in [1.54, 1.807) is 36.0 Å². The van der Waals surface area contributed by atoms with E-state index in [-0.39, 0.29) is 5.75 Å². The summed E-state index contributed by atoms with van der Waals surface area (Å²) >= 11 is 1.68. The minimum Gasteiger partial charge on any atom is -0.508 e. The minimum absolute atomic E-state index is 0.222. The Balaban J connectivity index is 1.36. The fraction of sp³-hybridized carbons (Fsp3) is 0.0400. The molecule has 0 saturated heterocycles. The molecule has 1 N–H and O–H groups in total. The zero-order valence-electron chi connectivity index (χ0n) is 15.9. The largest absolute Gasteiger partial charge is 0.508 e. The molecular formula is C25H20O3S. The molecule has 4 aromatic carbocycles. The van der Waals surface area contributed by atoms with Gasteiger partial charge in [0, 0.05) is 9.79 Å². The van der Waals surface area contributed by atoms with E-state index >= 15 is 0 Å². The number of phenolic OH excluding ortho intramolecular Hbond substituents is 1. The molecule has 0 amide bonds. The first-order valence-corrected chi connectivity index (χ1v) is 10.1. The van der Waals surface area contributed by atoms with Crippen LogP contribution in [-0.4, -0.2) is 5.11 Å². The Bertz CT molecular complexity index is 966. The number of hydrogen-bond donors (Lipinski definition) is 1. The third kappa shape index (κ3) is 5.33. The number of aryl methyl sites for hydroxylation is 1. The summed E-state index contributed by atoms with van der Waals surface area (Å²) in [7, 11) is 0. The SMILES string of the molecule is Cc1ccc(Oc2ccc(Sc3ccc(Oc4ccc(O)cc4)cc3)cc2)cc1. The highest BCUT2D eigenvalue weighted by atomic mass is 32.2. The lowest BCUT2D eigenvalue weighted by atomic mass is 10.2. The first-order chi connectivity index (χ1) is 14.1. The maximum atomic E-state index is 9.33. The normalized spacial score (nSPS) is 10.5. The molecule has 0 unspecified atom stereocenters. The summed E-state index contributed by atoms with van der Waals surface area (Å²) in [5.41, 5.74) is 1.21. The van der Waals surface area contributed by atoms with E-state index in [2.05, 4.69) is 19.1 Å². The molecule has 0 bridgehead atoms. The third-order valence-electron chi connectivity index (χ3n) is 4.21. The van der Waals surface area contributed by atoms with Gasteiger partial charge in [0.25, 0.3) is 0 Å². The second kappa shape index (κ2) is 8.76. The van der Waals surface area contributed by atoms with Gasteiger partial charge in [0.05, 0.1) is 0 Å². The van der Waals surface area contributed by atoms with Crippen LogP contribution >= 0.6 is 11.8 Å². The Morgan fingerprint density at radius 2 is 0.862 bits per heavy atom. The summed E-state index contributed by atoms with van der Waals surface area (Å²) in [6.45, 7) is 2.06. The van der Waals surface area contributed by atoms with Gasteiger partial charge < -0.3 is 14.6 Å². The number of rotatable bonds is 6. The lowest BCUT2D eigenvalue weighted by Crippen LogP contribution is -1.85. The number of ether oxygens (including phenoxy) is 2. The molecule has 0 atom stereocenters. The molecule has 4 heteroatoms. The molecule has 0 aliphatic heterocycles. The van der Waals surface area contributed by atoms with Crippen LogP contribution in [0.2, 0.25) is 0 Å². The number of phenols is 1. The molecule has 0 saturated carbocycles. The van der Waals surface area contributed by atoms with Crippen molar-refractivity contribution in [1.29, 1.82) is 0 Å². The van der Waals surface area contributed by atoms with Crippen molar-refractivity contribution < 1.29 is 14.6 Å². The Hall–Kier alpha value is -3.37. The summed E-state index contributed by atoms with van der Waals surface area (Å²) in [6.07, 6.45) is 0. The lowest BCUT2D eigenvalue weighted by molar-refractivity contribution is 0.464. The van der Waals surface area contributed by atoms with Crippen molar-refractivity contribution in [3.8, 4) is 28.7 Å². The van der Waals surface area contributed by atoms with Crippen LogP contribution in [-0.2, 0) is 0 Å². The predicted octanol–water partition coefficient (Wildman–Crippen LogP) is 7.44. The maximum absolute atomic E-state index is 9.33. The van der Waals surface area contributed by atoms with Crippen LogP contribution in [0.15, 0.2) is 107 Å². The maximum Gasteiger partial charge on any atom is 0.127 e. The van der Waals surface area contributed by atoms with Crippen molar-refractivity contribution in [2.45, 2.75) is 16.7 Å². The molecule has 144 valence electrons. The topological polar surface area (TPSA) is 38.7 Å². The summed E-state index contributed by atoms with van der Waals surface area (Å²) in [6, 6.07) is 30.7. The Kier molecular flexibility index (Phi) is 5.73. The van der Waals surface area contributed by atoms with Gasteiger partial charge in [-0.25, -0.2) is 0 Å². The van der Waals surface area contributed by atoms with Gasteiger partial charge in [-0.15, -0.1) is 0 Å². The second-order valence-electron chi connectivity index (χ2n) is 6.56. The van der Waals surface area contributed by atoms with Crippen LogP contribution in [0.3, 0.4) is 0 Å². The monoisotopic (exact) mass is 400 g/mol. The summed E-state index contributed by atoms with van der Waals surface area (Å²) in [4.78, 5) is 2.25. The van der Waals surface area contributed by atoms with Crippen LogP contribution in [0, 0.1) is 6.92 Å². The average Bonchev–Trinajstić information content (AvgIpc) is 2.74. The van der Waals surface area contributed by atoms with Crippen molar-refractivity contribution in [2.24, 2.45) is 0 Å². The van der Waals surface area contributed by atoms with Crippen molar-refractivity contribution in [2.75, 3.05) is 0 Å². The van der Waals surface area contributed by atoms with Gasteiger partial charge in [-0.2, -0.15) is 0 Å². The average molecular weight is 400 g/mol. The Morgan fingerprint density at radius 1 is 0.517 bits per heavy atom. The van der Waals surface area contributed by atoms with Gasteiger partial charge in [-0.05, 0) is 91.9 Å². The van der Waals surface area contributed by atoms with Crippen LogP contribution in [0.1, 0.15) is 5.56 Å². The third-order valence-corrected chi connectivity index (χ3v) is 5.23. The predicted molar refractivity (Wildman–Crippen MR) is 116 cm³/mol. The standard InChI is InChI=1S/C25H20O3S/c1-18-2-6-20(7-3-18)27-22-10-14-24(15-11-22)29-25-16-12-23(13-17-25)28-21-8-4-19(26)5-9-21/h2-17,26H,1H3. The van der Waals surface area contributed by atoms with Crippen molar-refractivity contribution in [1.82, 2.24) is 0 Å². The van der Waals surface area contributed by atoms with Crippen molar-refractivity contribution in [3.63, 3.8) is 0 Å². The van der Waals surface area contributed by atoms with E-state index in [1.807, 2.05) is 60.7 Å². The second-order valence-corrected chi connectivity index (χ2v) is 7.70. The molecule has 0 aromatic heterocycles. The number of benzene rings is 4. The van der Waals surface area contributed by atoms with E-state index in [0.717, 1.165) is 27.0 Å². The van der Waals surface area contributed by atoms with Gasteiger partial charge in [-0.3, -0.25) is 0 Å². The lowest BCUT2D eigenvalue weighted by Gasteiger charge is -2.08. The molecule has 4 aromatic rings. The highest BCUT2D eigenvalue weighted by Crippen LogP contribution is 2.32. The highest BCUT2D eigenvalue weighted by molar-refractivity contribution is 7.99. The Morgan fingerprint density at radius 3 is 1.28 bits per heavy atom. The smallest absolute Gasteiger partial charge is 0.127 e. The highest BCUT2D eigenvalue weighted by Gasteiger charge is 2.02. The molecule has 0 heterocycles. The van der Waals surface area contributed by atoms with Crippen molar-refractivity contribution >= 4 is 11.8 Å². The van der Waals surface area contributed by atoms with E-state index < -0.39 is 0 Å². The zero-order chi connectivity index (χ0) is 20.1. The van der Waals surface area contributed by atoms with Gasteiger partial charge in [0.1, 0.15) is 28.7 Å². The fourth-order valence-corrected chi connectivity index (χ4v) is 3.50. The zero-order valence-corrected chi connectivity index (χ0v) is 16.7. The van der Waals surface area contributed by atoms with Gasteiger partial charge >= 0.3 is 0 Å². The van der Waals surface area contributed by atoms with Crippen LogP contribution in [0.5, 0.6) is 28.7 Å². The quantitative estimate of drug-likeness (QED) is 0.365. The van der Waals surface area contributed by atoms with Gasteiger partial charge in [0.15, 0.2) is 0 Å². The molecule has 0 aliphatic carbocycles. The molecule has 0 aliphatic rings.